The van der Waals surface area contributed by atoms with Crippen LogP contribution in [0.1, 0.15) is 39.5 Å². The van der Waals surface area contributed by atoms with Crippen LogP contribution in [0.3, 0.4) is 0 Å². The van der Waals surface area contributed by atoms with Crippen LogP contribution < -0.4 is 10.4 Å². The van der Waals surface area contributed by atoms with Crippen LogP contribution in [0.2, 0.25) is 19.6 Å². The zero-order valence-electron chi connectivity index (χ0n) is 18.3. The minimum absolute atomic E-state index is 0.124. The van der Waals surface area contributed by atoms with E-state index in [1.807, 2.05) is 0 Å². The Morgan fingerprint density at radius 2 is 1.50 bits per heavy atom. The maximum Gasteiger partial charge on any atom is 0.157 e. The van der Waals surface area contributed by atoms with Crippen molar-refractivity contribution in [3.63, 3.8) is 0 Å². The van der Waals surface area contributed by atoms with Crippen LogP contribution in [-0.4, -0.2) is 36.7 Å². The SMILES string of the molecule is CCCCOC(OCCCC)[Si]c1cccc(-c2ccccc2[Si](C)(C)C)c1. The van der Waals surface area contributed by atoms with E-state index in [0.29, 0.717) is 9.52 Å². The number of benzene rings is 2. The van der Waals surface area contributed by atoms with E-state index >= 15 is 0 Å². The van der Waals surface area contributed by atoms with E-state index in [4.69, 9.17) is 9.47 Å². The van der Waals surface area contributed by atoms with Crippen LogP contribution in [0.4, 0.5) is 0 Å². The van der Waals surface area contributed by atoms with Gasteiger partial charge in [0.25, 0.3) is 0 Å². The maximum absolute atomic E-state index is 6.05. The zero-order valence-corrected chi connectivity index (χ0v) is 20.3. The van der Waals surface area contributed by atoms with Crippen LogP contribution in [0.25, 0.3) is 11.1 Å². The van der Waals surface area contributed by atoms with Gasteiger partial charge in [-0.2, -0.15) is 0 Å². The summed E-state index contributed by atoms with van der Waals surface area (Å²) in [7, 11) is -0.891. The van der Waals surface area contributed by atoms with Gasteiger partial charge in [0.1, 0.15) is 5.91 Å². The summed E-state index contributed by atoms with van der Waals surface area (Å²) in [6.07, 6.45) is 4.46. The molecule has 2 aromatic carbocycles. The van der Waals surface area contributed by atoms with Crippen LogP contribution in [0.15, 0.2) is 48.5 Å². The number of rotatable bonds is 12. The minimum Gasteiger partial charge on any atom is -0.357 e. The molecule has 152 valence electrons. The van der Waals surface area contributed by atoms with E-state index in [9.17, 15) is 0 Å². The molecule has 2 radical (unpaired) electrons. The van der Waals surface area contributed by atoms with E-state index in [2.05, 4.69) is 82.0 Å². The second-order valence-corrected chi connectivity index (χ2v) is 14.7. The number of ether oxygens (including phenoxy) is 2. The van der Waals surface area contributed by atoms with Gasteiger partial charge >= 0.3 is 0 Å². The highest BCUT2D eigenvalue weighted by molar-refractivity contribution is 6.89. The highest BCUT2D eigenvalue weighted by Gasteiger charge is 2.20. The fourth-order valence-corrected chi connectivity index (χ4v) is 5.84. The van der Waals surface area contributed by atoms with Crippen LogP contribution >= 0.6 is 0 Å². The quantitative estimate of drug-likeness (QED) is 0.273. The monoisotopic (exact) mass is 412 g/mol. The first-order valence-corrected chi connectivity index (χ1v) is 15.2. The lowest BCUT2D eigenvalue weighted by atomic mass is 10.1. The summed E-state index contributed by atoms with van der Waals surface area (Å²) >= 11 is 0. The third-order valence-electron chi connectivity index (χ3n) is 4.73. The van der Waals surface area contributed by atoms with E-state index in [0.717, 1.165) is 38.9 Å². The molecule has 0 saturated heterocycles. The molecule has 4 heteroatoms. The Bertz CT molecular complexity index is 700. The Kier molecular flexibility index (Phi) is 9.65. The minimum atomic E-state index is -1.40. The molecule has 0 aliphatic rings. The lowest BCUT2D eigenvalue weighted by Crippen LogP contribution is -2.39. The second-order valence-electron chi connectivity index (χ2n) is 8.30. The first-order chi connectivity index (χ1) is 13.5. The number of hydrogen-bond acceptors (Lipinski definition) is 2. The van der Waals surface area contributed by atoms with E-state index in [1.165, 1.54) is 21.5 Å². The summed E-state index contributed by atoms with van der Waals surface area (Å²) in [4.78, 5) is 0. The lowest BCUT2D eigenvalue weighted by molar-refractivity contribution is -0.0910. The molecule has 0 N–H and O–H groups in total. The molecule has 0 atom stereocenters. The molecule has 0 bridgehead atoms. The molecule has 0 fully saturated rings. The largest absolute Gasteiger partial charge is 0.357 e. The number of hydrogen-bond donors (Lipinski definition) is 0. The van der Waals surface area contributed by atoms with Gasteiger partial charge in [-0.25, -0.2) is 0 Å². The van der Waals surface area contributed by atoms with Gasteiger partial charge in [-0.15, -0.1) is 0 Å². The van der Waals surface area contributed by atoms with Crippen molar-refractivity contribution in [2.45, 2.75) is 65.1 Å². The van der Waals surface area contributed by atoms with E-state index in [1.54, 1.807) is 0 Å². The Hall–Kier alpha value is -1.21. The average molecular weight is 413 g/mol. The molecule has 0 amide bonds. The Labute approximate surface area is 175 Å². The van der Waals surface area contributed by atoms with Gasteiger partial charge in [-0.3, -0.25) is 0 Å². The van der Waals surface area contributed by atoms with Gasteiger partial charge in [0.15, 0.2) is 9.52 Å². The molecule has 0 saturated carbocycles. The summed E-state index contributed by atoms with van der Waals surface area (Å²) in [6, 6.07) is 17.8. The smallest absolute Gasteiger partial charge is 0.157 e. The number of unbranched alkanes of at least 4 members (excludes halogenated alkanes) is 2. The highest BCUT2D eigenvalue weighted by Crippen LogP contribution is 2.19. The molecule has 0 aliphatic heterocycles. The van der Waals surface area contributed by atoms with Crippen molar-refractivity contribution < 1.29 is 9.47 Å². The van der Waals surface area contributed by atoms with E-state index in [-0.39, 0.29) is 5.91 Å². The maximum atomic E-state index is 6.05. The highest BCUT2D eigenvalue weighted by atomic mass is 28.3. The van der Waals surface area contributed by atoms with E-state index < -0.39 is 8.07 Å². The molecular formula is C24H36O2Si2. The first kappa shape index (κ1) is 23.1. The molecule has 28 heavy (non-hydrogen) atoms. The van der Waals surface area contributed by atoms with Crippen LogP contribution in [0, 0.1) is 0 Å². The van der Waals surface area contributed by atoms with Crippen LogP contribution in [-0.2, 0) is 9.47 Å². The van der Waals surface area contributed by atoms with Crippen molar-refractivity contribution in [3.05, 3.63) is 48.5 Å². The fourth-order valence-electron chi connectivity index (χ4n) is 3.10. The molecule has 2 rings (SSSR count). The summed E-state index contributed by atoms with van der Waals surface area (Å²) in [5.41, 5.74) is 2.69. The normalized spacial score (nSPS) is 11.9. The molecule has 0 heterocycles. The molecule has 0 unspecified atom stereocenters. The topological polar surface area (TPSA) is 18.5 Å². The third kappa shape index (κ3) is 7.32. The third-order valence-corrected chi connectivity index (χ3v) is 7.99. The molecule has 0 spiro atoms. The predicted octanol–water partition coefficient (Wildman–Crippen LogP) is 5.15. The standard InChI is InChI=1S/C24H36O2Si2/c1-6-8-17-25-24(26-18-9-7-2)27-21-14-12-13-20(19-21)22-15-10-11-16-23(22)28(3,4)5/h10-16,19,24H,6-9,17-18H2,1-5H3. The van der Waals surface area contributed by atoms with Gasteiger partial charge in [0.2, 0.25) is 0 Å². The van der Waals surface area contributed by atoms with Crippen molar-refractivity contribution in [1.29, 1.82) is 0 Å². The fraction of sp³-hybridized carbons (Fsp3) is 0.500. The molecule has 2 aromatic rings. The van der Waals surface area contributed by atoms with Crippen molar-refractivity contribution in [2.24, 2.45) is 0 Å². The van der Waals surface area contributed by atoms with Crippen LogP contribution in [0.5, 0.6) is 0 Å². The summed E-state index contributed by atoms with van der Waals surface area (Å²) in [5, 5.41) is 2.83. The molecule has 2 nitrogen and oxygen atoms in total. The zero-order chi connectivity index (χ0) is 20.4. The molecular weight excluding hydrogens is 376 g/mol. The predicted molar refractivity (Wildman–Crippen MR) is 126 cm³/mol. The Morgan fingerprint density at radius 1 is 0.857 bits per heavy atom. The van der Waals surface area contributed by atoms with Gasteiger partial charge < -0.3 is 9.47 Å². The van der Waals surface area contributed by atoms with Gasteiger partial charge in [0, 0.05) is 13.2 Å². The van der Waals surface area contributed by atoms with Crippen molar-refractivity contribution in [3.8, 4) is 11.1 Å². The van der Waals surface area contributed by atoms with Gasteiger partial charge in [-0.05, 0) is 24.0 Å². The Balaban J connectivity index is 2.19. The van der Waals surface area contributed by atoms with Gasteiger partial charge in [0.05, 0.1) is 8.07 Å². The van der Waals surface area contributed by atoms with Crippen molar-refractivity contribution >= 4 is 28.0 Å². The van der Waals surface area contributed by atoms with Crippen molar-refractivity contribution in [1.82, 2.24) is 0 Å². The first-order valence-electron chi connectivity index (χ1n) is 10.7. The Morgan fingerprint density at radius 3 is 2.11 bits per heavy atom. The lowest BCUT2D eigenvalue weighted by Gasteiger charge is -2.22. The average Bonchev–Trinajstić information content (AvgIpc) is 2.68. The summed E-state index contributed by atoms with van der Waals surface area (Å²) in [6.45, 7) is 13.2. The summed E-state index contributed by atoms with van der Waals surface area (Å²) < 4.78 is 12.1. The second kappa shape index (κ2) is 11.7. The van der Waals surface area contributed by atoms with Crippen molar-refractivity contribution in [2.75, 3.05) is 13.2 Å². The summed E-state index contributed by atoms with van der Waals surface area (Å²) in [5.74, 6) is -0.124. The van der Waals surface area contributed by atoms with Gasteiger partial charge in [-0.1, -0.05) is 105 Å². The molecule has 0 aliphatic carbocycles. The molecule has 0 aromatic heterocycles.